The second kappa shape index (κ2) is 8.93. The van der Waals surface area contributed by atoms with Crippen molar-refractivity contribution in [1.82, 2.24) is 15.0 Å². The summed E-state index contributed by atoms with van der Waals surface area (Å²) in [6.07, 6.45) is 0. The molecule has 0 aliphatic rings. The van der Waals surface area contributed by atoms with E-state index in [1.54, 1.807) is 56.5 Å². The monoisotopic (exact) mass is 433 g/mol. The molecule has 10 heteroatoms. The van der Waals surface area contributed by atoms with E-state index < -0.39 is 5.91 Å². The summed E-state index contributed by atoms with van der Waals surface area (Å²) in [5.74, 6) is -0.181. The van der Waals surface area contributed by atoms with Crippen molar-refractivity contribution in [3.8, 4) is 5.75 Å². The van der Waals surface area contributed by atoms with E-state index in [1.807, 2.05) is 0 Å². The molecule has 150 valence electrons. The van der Waals surface area contributed by atoms with E-state index in [4.69, 9.17) is 27.9 Å². The smallest absolute Gasteiger partial charge is 0.278 e. The van der Waals surface area contributed by atoms with Crippen molar-refractivity contribution in [3.05, 3.63) is 63.9 Å². The van der Waals surface area contributed by atoms with Crippen LogP contribution in [-0.4, -0.2) is 33.9 Å². The average molecular weight is 434 g/mol. The molecule has 8 nitrogen and oxygen atoms in total. The van der Waals surface area contributed by atoms with Crippen molar-refractivity contribution in [3.63, 3.8) is 0 Å². The number of carbonyl (C=O) groups is 2. The van der Waals surface area contributed by atoms with Crippen LogP contribution in [0.25, 0.3) is 0 Å². The number of nitrogens with one attached hydrogen (secondary N) is 2. The van der Waals surface area contributed by atoms with Gasteiger partial charge in [-0.2, -0.15) is 0 Å². The number of amides is 2. The highest BCUT2D eigenvalue weighted by Gasteiger charge is 2.18. The Morgan fingerprint density at radius 1 is 1.07 bits per heavy atom. The third kappa shape index (κ3) is 5.24. The molecule has 3 aromatic rings. The molecule has 0 aliphatic heterocycles. The third-order valence-corrected chi connectivity index (χ3v) is 4.40. The van der Waals surface area contributed by atoms with E-state index in [0.29, 0.717) is 32.9 Å². The number of halogens is 2. The van der Waals surface area contributed by atoms with Gasteiger partial charge in [-0.1, -0.05) is 34.5 Å². The maximum atomic E-state index is 12.5. The van der Waals surface area contributed by atoms with Gasteiger partial charge in [0.2, 0.25) is 5.91 Å². The minimum Gasteiger partial charge on any atom is -0.497 e. The molecule has 2 N–H and O–H groups in total. The maximum absolute atomic E-state index is 12.5. The number of nitrogens with zero attached hydrogens (tertiary/aromatic N) is 3. The summed E-state index contributed by atoms with van der Waals surface area (Å²) in [5, 5.41) is 14.0. The predicted octanol–water partition coefficient (Wildman–Crippen LogP) is 3.79. The van der Waals surface area contributed by atoms with Gasteiger partial charge in [0, 0.05) is 27.5 Å². The standard InChI is InChI=1S/C19H17Cl2N5O3/c1-11-18(19(28)23-15-7-12(20)6-13(21)8-15)24-25-26(11)10-17(27)22-14-4-3-5-16(9-14)29-2/h3-9H,10H2,1-2H3,(H,22,27)(H,23,28). The molecule has 0 saturated heterocycles. The number of benzene rings is 2. The molecule has 0 unspecified atom stereocenters. The molecule has 0 saturated carbocycles. The summed E-state index contributed by atoms with van der Waals surface area (Å²) in [6.45, 7) is 1.55. The first-order valence-corrected chi connectivity index (χ1v) is 9.22. The molecule has 0 aliphatic carbocycles. The van der Waals surface area contributed by atoms with Crippen LogP contribution < -0.4 is 15.4 Å². The second-order valence-corrected chi connectivity index (χ2v) is 6.95. The van der Waals surface area contributed by atoms with E-state index in [2.05, 4.69) is 20.9 Å². The number of anilines is 2. The summed E-state index contributed by atoms with van der Waals surface area (Å²) < 4.78 is 6.47. The van der Waals surface area contributed by atoms with Crippen molar-refractivity contribution < 1.29 is 14.3 Å². The summed E-state index contributed by atoms with van der Waals surface area (Å²) in [5.41, 5.74) is 1.55. The first-order chi connectivity index (χ1) is 13.9. The fraction of sp³-hybridized carbons (Fsp3) is 0.158. The van der Waals surface area contributed by atoms with Crippen molar-refractivity contribution in [2.45, 2.75) is 13.5 Å². The molecule has 0 bridgehead atoms. The lowest BCUT2D eigenvalue weighted by Gasteiger charge is -2.08. The van der Waals surface area contributed by atoms with Crippen molar-refractivity contribution in [2.75, 3.05) is 17.7 Å². The highest BCUT2D eigenvalue weighted by atomic mass is 35.5. The van der Waals surface area contributed by atoms with Gasteiger partial charge in [0.25, 0.3) is 5.91 Å². The fourth-order valence-electron chi connectivity index (χ4n) is 2.57. The van der Waals surface area contributed by atoms with E-state index in [0.717, 1.165) is 0 Å². The number of hydrogen-bond acceptors (Lipinski definition) is 5. The minimum atomic E-state index is -0.486. The van der Waals surface area contributed by atoms with Gasteiger partial charge < -0.3 is 15.4 Å². The minimum absolute atomic E-state index is 0.0929. The van der Waals surface area contributed by atoms with Crippen LogP contribution in [-0.2, 0) is 11.3 Å². The van der Waals surface area contributed by atoms with Crippen LogP contribution in [0.4, 0.5) is 11.4 Å². The van der Waals surface area contributed by atoms with Gasteiger partial charge in [-0.05, 0) is 37.3 Å². The number of carbonyl (C=O) groups excluding carboxylic acids is 2. The molecule has 0 spiro atoms. The Balaban J connectivity index is 1.68. The number of hydrogen-bond donors (Lipinski definition) is 2. The lowest BCUT2D eigenvalue weighted by Crippen LogP contribution is -2.21. The van der Waals surface area contributed by atoms with Gasteiger partial charge in [0.15, 0.2) is 5.69 Å². The SMILES string of the molecule is COc1cccc(NC(=O)Cn2nnc(C(=O)Nc3cc(Cl)cc(Cl)c3)c2C)c1. The van der Waals surface area contributed by atoms with Gasteiger partial charge >= 0.3 is 0 Å². The molecule has 0 fully saturated rings. The Hall–Kier alpha value is -3.10. The van der Waals surface area contributed by atoms with Gasteiger partial charge in [-0.25, -0.2) is 4.68 Å². The third-order valence-electron chi connectivity index (χ3n) is 3.96. The lowest BCUT2D eigenvalue weighted by atomic mass is 10.2. The zero-order chi connectivity index (χ0) is 21.0. The van der Waals surface area contributed by atoms with E-state index >= 15 is 0 Å². The van der Waals surface area contributed by atoms with Crippen molar-refractivity contribution >= 4 is 46.4 Å². The van der Waals surface area contributed by atoms with E-state index in [9.17, 15) is 9.59 Å². The Kier molecular flexibility index (Phi) is 6.36. The molecule has 1 aromatic heterocycles. The topological polar surface area (TPSA) is 98.1 Å². The summed E-state index contributed by atoms with van der Waals surface area (Å²) >= 11 is 11.9. The molecular formula is C19H17Cl2N5O3. The van der Waals surface area contributed by atoms with Gasteiger partial charge in [0.1, 0.15) is 12.3 Å². The predicted molar refractivity (Wildman–Crippen MR) is 111 cm³/mol. The normalized spacial score (nSPS) is 10.5. The van der Waals surface area contributed by atoms with Crippen molar-refractivity contribution in [2.24, 2.45) is 0 Å². The molecule has 29 heavy (non-hydrogen) atoms. The molecule has 0 radical (unpaired) electrons. The quantitative estimate of drug-likeness (QED) is 0.615. The lowest BCUT2D eigenvalue weighted by molar-refractivity contribution is -0.117. The van der Waals surface area contributed by atoms with Gasteiger partial charge in [-0.15, -0.1) is 5.10 Å². The van der Waals surface area contributed by atoms with Crippen LogP contribution in [0.2, 0.25) is 10.0 Å². The zero-order valence-corrected chi connectivity index (χ0v) is 17.1. The Bertz CT molecular complexity index is 1050. The Morgan fingerprint density at radius 3 is 2.48 bits per heavy atom. The fourth-order valence-corrected chi connectivity index (χ4v) is 3.10. The Labute approximate surface area is 176 Å². The molecule has 1 heterocycles. The highest BCUT2D eigenvalue weighted by Crippen LogP contribution is 2.23. The summed E-state index contributed by atoms with van der Waals surface area (Å²) in [6, 6.07) is 11.7. The zero-order valence-electron chi connectivity index (χ0n) is 15.6. The molecule has 2 aromatic carbocycles. The number of ether oxygens (including phenoxy) is 1. The van der Waals surface area contributed by atoms with E-state index in [-0.39, 0.29) is 18.1 Å². The molecule has 0 atom stereocenters. The first-order valence-electron chi connectivity index (χ1n) is 8.47. The molecule has 2 amide bonds. The van der Waals surface area contributed by atoms with Crippen LogP contribution in [0.1, 0.15) is 16.2 Å². The largest absolute Gasteiger partial charge is 0.497 e. The number of aromatic nitrogens is 3. The van der Waals surface area contributed by atoms with Crippen LogP contribution >= 0.6 is 23.2 Å². The summed E-state index contributed by atoms with van der Waals surface area (Å²) in [4.78, 5) is 24.8. The van der Waals surface area contributed by atoms with Crippen LogP contribution in [0.3, 0.4) is 0 Å². The van der Waals surface area contributed by atoms with Crippen LogP contribution in [0.5, 0.6) is 5.75 Å². The Morgan fingerprint density at radius 2 is 1.79 bits per heavy atom. The average Bonchev–Trinajstić information content (AvgIpc) is 3.01. The number of methoxy groups -OCH3 is 1. The highest BCUT2D eigenvalue weighted by molar-refractivity contribution is 6.35. The van der Waals surface area contributed by atoms with Crippen molar-refractivity contribution in [1.29, 1.82) is 0 Å². The maximum Gasteiger partial charge on any atom is 0.278 e. The first kappa shape index (κ1) is 20.6. The molecule has 3 rings (SSSR count). The van der Waals surface area contributed by atoms with Crippen LogP contribution in [0.15, 0.2) is 42.5 Å². The van der Waals surface area contributed by atoms with Gasteiger partial charge in [0.05, 0.1) is 12.8 Å². The summed E-state index contributed by atoms with van der Waals surface area (Å²) in [7, 11) is 1.55. The molecular weight excluding hydrogens is 417 g/mol. The van der Waals surface area contributed by atoms with E-state index in [1.165, 1.54) is 4.68 Å². The van der Waals surface area contributed by atoms with Crippen LogP contribution in [0, 0.1) is 6.92 Å². The van der Waals surface area contributed by atoms with Gasteiger partial charge in [-0.3, -0.25) is 9.59 Å². The number of rotatable bonds is 6. The second-order valence-electron chi connectivity index (χ2n) is 6.07.